The molecule has 0 aliphatic carbocycles. The van der Waals surface area contributed by atoms with Crippen molar-refractivity contribution in [2.24, 2.45) is 0 Å². The van der Waals surface area contributed by atoms with Gasteiger partial charge in [0.05, 0.1) is 18.2 Å². The van der Waals surface area contributed by atoms with Gasteiger partial charge in [0.15, 0.2) is 12.4 Å². The largest absolute Gasteiger partial charge is 0.484 e. The molecule has 1 heterocycles. The maximum atomic E-state index is 12.9. The van der Waals surface area contributed by atoms with E-state index in [4.69, 9.17) is 21.1 Å². The van der Waals surface area contributed by atoms with Crippen LogP contribution in [-0.2, 0) is 19.6 Å². The van der Waals surface area contributed by atoms with E-state index in [-0.39, 0.29) is 41.1 Å². The monoisotopic (exact) mass is 466 g/mol. The lowest BCUT2D eigenvalue weighted by atomic mass is 10.1. The van der Waals surface area contributed by atoms with Crippen LogP contribution in [0.3, 0.4) is 0 Å². The Kier molecular flexibility index (Phi) is 7.66. The molecule has 8 nitrogen and oxygen atoms in total. The molecule has 0 unspecified atom stereocenters. The summed E-state index contributed by atoms with van der Waals surface area (Å²) in [5.74, 6) is -0.00452. The summed E-state index contributed by atoms with van der Waals surface area (Å²) in [6.45, 7) is 2.62. The molecule has 3 rings (SSSR count). The number of nitrogens with one attached hydrogen (secondary N) is 1. The molecule has 1 amide bonds. The topological polar surface area (TPSA) is 102 Å². The predicted octanol–water partition coefficient (Wildman–Crippen LogP) is 2.97. The Morgan fingerprint density at radius 1 is 1.13 bits per heavy atom. The number of ether oxygens (including phenoxy) is 2. The predicted molar refractivity (Wildman–Crippen MR) is 116 cm³/mol. The number of rotatable bonds is 8. The van der Waals surface area contributed by atoms with E-state index >= 15 is 0 Å². The zero-order valence-electron chi connectivity index (χ0n) is 17.0. The minimum absolute atomic E-state index is 0.0230. The lowest BCUT2D eigenvalue weighted by molar-refractivity contribution is -0.118. The summed E-state index contributed by atoms with van der Waals surface area (Å²) in [5, 5.41) is 2.68. The molecule has 1 N–H and O–H groups in total. The maximum absolute atomic E-state index is 12.9. The summed E-state index contributed by atoms with van der Waals surface area (Å²) in [5.41, 5.74) is 0.864. The normalized spacial score (nSPS) is 14.8. The second-order valence-corrected chi connectivity index (χ2v) is 9.11. The van der Waals surface area contributed by atoms with Crippen LogP contribution in [-0.4, -0.2) is 57.3 Å². The summed E-state index contributed by atoms with van der Waals surface area (Å²) in [4.78, 5) is 23.8. The standard InChI is InChI=1S/C21H23ClN2O6S/c1-2-19(25)15-3-6-17(7-4-15)30-14-21(26)23-16-5-8-18(22)20(13-16)31(27,28)24-9-11-29-12-10-24/h3-8,13H,2,9-12,14H2,1H3,(H,23,26). The number of hydrogen-bond acceptors (Lipinski definition) is 6. The molecule has 2 aromatic rings. The molecule has 10 heteroatoms. The number of sulfonamides is 1. The molecule has 0 bridgehead atoms. The molecule has 0 atom stereocenters. The van der Waals surface area contributed by atoms with Gasteiger partial charge in [-0.25, -0.2) is 8.42 Å². The second kappa shape index (κ2) is 10.2. The highest BCUT2D eigenvalue weighted by Crippen LogP contribution is 2.28. The van der Waals surface area contributed by atoms with E-state index in [1.165, 1.54) is 22.5 Å². The molecule has 2 aromatic carbocycles. The van der Waals surface area contributed by atoms with Gasteiger partial charge in [-0.1, -0.05) is 18.5 Å². The number of amides is 1. The van der Waals surface area contributed by atoms with Gasteiger partial charge in [0, 0.05) is 30.8 Å². The van der Waals surface area contributed by atoms with E-state index < -0.39 is 15.9 Å². The van der Waals surface area contributed by atoms with E-state index in [0.29, 0.717) is 30.9 Å². The van der Waals surface area contributed by atoms with Crippen LogP contribution in [0.4, 0.5) is 5.69 Å². The average Bonchev–Trinajstić information content (AvgIpc) is 2.79. The third-order valence-electron chi connectivity index (χ3n) is 4.67. The second-order valence-electron chi connectivity index (χ2n) is 6.80. The quantitative estimate of drug-likeness (QED) is 0.600. The van der Waals surface area contributed by atoms with Crippen molar-refractivity contribution in [1.82, 2.24) is 4.31 Å². The minimum atomic E-state index is -3.81. The van der Waals surface area contributed by atoms with Gasteiger partial charge in [0.25, 0.3) is 5.91 Å². The van der Waals surface area contributed by atoms with Gasteiger partial charge in [0.1, 0.15) is 10.6 Å². The number of halogens is 1. The zero-order valence-corrected chi connectivity index (χ0v) is 18.5. The van der Waals surface area contributed by atoms with Crippen LogP contribution in [0.5, 0.6) is 5.75 Å². The summed E-state index contributed by atoms with van der Waals surface area (Å²) in [6.07, 6.45) is 0.410. The van der Waals surface area contributed by atoms with Crippen molar-refractivity contribution >= 4 is 39.0 Å². The summed E-state index contributed by atoms with van der Waals surface area (Å²) in [6, 6.07) is 10.8. The number of anilines is 1. The van der Waals surface area contributed by atoms with Crippen molar-refractivity contribution in [2.45, 2.75) is 18.2 Å². The number of carbonyl (C=O) groups excluding carboxylic acids is 2. The third-order valence-corrected chi connectivity index (χ3v) is 7.05. The fraction of sp³-hybridized carbons (Fsp3) is 0.333. The van der Waals surface area contributed by atoms with Crippen LogP contribution in [0, 0.1) is 0 Å². The smallest absolute Gasteiger partial charge is 0.262 e. The third kappa shape index (κ3) is 5.82. The number of benzene rings is 2. The zero-order chi connectivity index (χ0) is 22.4. The maximum Gasteiger partial charge on any atom is 0.262 e. The van der Waals surface area contributed by atoms with Crippen molar-refractivity contribution in [3.63, 3.8) is 0 Å². The molecule has 1 fully saturated rings. The van der Waals surface area contributed by atoms with Gasteiger partial charge in [-0.2, -0.15) is 4.31 Å². The number of morpholine rings is 1. The van der Waals surface area contributed by atoms with E-state index in [0.717, 1.165) is 0 Å². The number of Topliss-reactive ketones (excluding diaryl/α,β-unsaturated/α-hetero) is 1. The molecular formula is C21H23ClN2O6S. The first-order valence-electron chi connectivity index (χ1n) is 9.74. The number of nitrogens with zero attached hydrogens (tertiary/aromatic N) is 1. The van der Waals surface area contributed by atoms with Crippen LogP contribution in [0.2, 0.25) is 5.02 Å². The fourth-order valence-corrected chi connectivity index (χ4v) is 4.90. The Bertz CT molecular complexity index is 1050. The molecule has 1 aliphatic rings. The summed E-state index contributed by atoms with van der Waals surface area (Å²) >= 11 is 6.12. The van der Waals surface area contributed by atoms with Gasteiger partial charge < -0.3 is 14.8 Å². The molecule has 0 spiro atoms. The first-order valence-corrected chi connectivity index (χ1v) is 11.6. The lowest BCUT2D eigenvalue weighted by Gasteiger charge is -2.26. The molecule has 1 saturated heterocycles. The summed E-state index contributed by atoms with van der Waals surface area (Å²) in [7, 11) is -3.81. The Morgan fingerprint density at radius 3 is 2.45 bits per heavy atom. The molecular weight excluding hydrogens is 444 g/mol. The Hall–Kier alpha value is -2.46. The Morgan fingerprint density at radius 2 is 1.81 bits per heavy atom. The van der Waals surface area contributed by atoms with Crippen molar-refractivity contribution < 1.29 is 27.5 Å². The van der Waals surface area contributed by atoms with Crippen molar-refractivity contribution in [1.29, 1.82) is 0 Å². The van der Waals surface area contributed by atoms with E-state index in [2.05, 4.69) is 5.32 Å². The van der Waals surface area contributed by atoms with Gasteiger partial charge in [0.2, 0.25) is 10.0 Å². The van der Waals surface area contributed by atoms with E-state index in [1.54, 1.807) is 31.2 Å². The van der Waals surface area contributed by atoms with Gasteiger partial charge >= 0.3 is 0 Å². The highest BCUT2D eigenvalue weighted by molar-refractivity contribution is 7.89. The van der Waals surface area contributed by atoms with Crippen molar-refractivity contribution in [2.75, 3.05) is 38.2 Å². The van der Waals surface area contributed by atoms with Crippen LogP contribution in [0.1, 0.15) is 23.7 Å². The van der Waals surface area contributed by atoms with E-state index in [9.17, 15) is 18.0 Å². The first-order chi connectivity index (χ1) is 14.8. The number of hydrogen-bond donors (Lipinski definition) is 1. The number of carbonyl (C=O) groups is 2. The Balaban J connectivity index is 1.64. The first kappa shape index (κ1) is 23.2. The molecule has 0 aromatic heterocycles. The highest BCUT2D eigenvalue weighted by atomic mass is 35.5. The molecule has 1 aliphatic heterocycles. The van der Waals surface area contributed by atoms with Crippen molar-refractivity contribution in [3.8, 4) is 5.75 Å². The molecule has 0 radical (unpaired) electrons. The summed E-state index contributed by atoms with van der Waals surface area (Å²) < 4.78 is 37.7. The minimum Gasteiger partial charge on any atom is -0.484 e. The van der Waals surface area contributed by atoms with Gasteiger partial charge in [-0.05, 0) is 42.5 Å². The molecule has 0 saturated carbocycles. The van der Waals surface area contributed by atoms with Crippen LogP contribution in [0.15, 0.2) is 47.4 Å². The van der Waals surface area contributed by atoms with Gasteiger partial charge in [-0.15, -0.1) is 0 Å². The Labute approximate surface area is 186 Å². The van der Waals surface area contributed by atoms with Crippen LogP contribution >= 0.6 is 11.6 Å². The molecule has 166 valence electrons. The average molecular weight is 467 g/mol. The fourth-order valence-electron chi connectivity index (χ4n) is 2.99. The van der Waals surface area contributed by atoms with Crippen LogP contribution < -0.4 is 10.1 Å². The van der Waals surface area contributed by atoms with E-state index in [1.807, 2.05) is 0 Å². The molecule has 31 heavy (non-hydrogen) atoms. The highest BCUT2D eigenvalue weighted by Gasteiger charge is 2.28. The van der Waals surface area contributed by atoms with Crippen molar-refractivity contribution in [3.05, 3.63) is 53.1 Å². The van der Waals surface area contributed by atoms with Crippen LogP contribution in [0.25, 0.3) is 0 Å². The number of ketones is 1. The lowest BCUT2D eigenvalue weighted by Crippen LogP contribution is -2.40. The van der Waals surface area contributed by atoms with Gasteiger partial charge in [-0.3, -0.25) is 9.59 Å². The SMILES string of the molecule is CCC(=O)c1ccc(OCC(=O)Nc2ccc(Cl)c(S(=O)(=O)N3CCOCC3)c2)cc1.